The first-order chi connectivity index (χ1) is 8.41. The molecule has 0 aliphatic rings. The van der Waals surface area contributed by atoms with Gasteiger partial charge in [-0.05, 0) is 23.7 Å². The van der Waals surface area contributed by atoms with E-state index in [1.807, 2.05) is 0 Å². The van der Waals surface area contributed by atoms with E-state index < -0.39 is 0 Å². The zero-order chi connectivity index (χ0) is 12.6. The van der Waals surface area contributed by atoms with Crippen LogP contribution in [0.2, 0.25) is 0 Å². The molecule has 102 valence electrons. The summed E-state index contributed by atoms with van der Waals surface area (Å²) in [5.41, 5.74) is 0. The Kier molecular flexibility index (Phi) is 17.9. The molecule has 0 N–H and O–H groups in total. The maximum Gasteiger partial charge on any atom is 0.0212 e. The standard InChI is InChI=1S/C15H28BrI/c16-14-12-10-8-6-4-2-1-3-5-7-9-11-13-15-17/h10,12H,1-9,11,13-15H2. The Morgan fingerprint density at radius 1 is 0.647 bits per heavy atom. The third-order valence-electron chi connectivity index (χ3n) is 3.01. The first kappa shape index (κ1) is 17.9. The van der Waals surface area contributed by atoms with Gasteiger partial charge in [-0.3, -0.25) is 0 Å². The molecular formula is C15H28BrI. The predicted octanol–water partition coefficient (Wildman–Crippen LogP) is 6.66. The van der Waals surface area contributed by atoms with Gasteiger partial charge in [0.2, 0.25) is 0 Å². The van der Waals surface area contributed by atoms with Crippen LogP contribution in [0.1, 0.15) is 70.6 Å². The maximum atomic E-state index is 3.40. The van der Waals surface area contributed by atoms with E-state index in [-0.39, 0.29) is 0 Å². The number of allylic oxidation sites excluding steroid dienone is 2. The Labute approximate surface area is 130 Å². The third kappa shape index (κ3) is 16.9. The largest absolute Gasteiger partial charge is 0.0883 e. The summed E-state index contributed by atoms with van der Waals surface area (Å²) in [6, 6.07) is 0. The van der Waals surface area contributed by atoms with Gasteiger partial charge in [0.25, 0.3) is 0 Å². The van der Waals surface area contributed by atoms with Crippen molar-refractivity contribution in [1.82, 2.24) is 0 Å². The molecule has 0 aromatic heterocycles. The van der Waals surface area contributed by atoms with E-state index in [9.17, 15) is 0 Å². The van der Waals surface area contributed by atoms with E-state index in [4.69, 9.17) is 0 Å². The number of hydrogen-bond acceptors (Lipinski definition) is 0. The second kappa shape index (κ2) is 16.9. The number of hydrogen-bond donors (Lipinski definition) is 0. The molecule has 0 atom stereocenters. The number of rotatable bonds is 13. The molecule has 17 heavy (non-hydrogen) atoms. The Morgan fingerprint density at radius 3 is 1.59 bits per heavy atom. The SMILES string of the molecule is BrCC=CCCCCCCCCCCCCI. The quantitative estimate of drug-likeness (QED) is 0.137. The van der Waals surface area contributed by atoms with Crippen molar-refractivity contribution in [3.8, 4) is 0 Å². The van der Waals surface area contributed by atoms with Crippen molar-refractivity contribution in [2.75, 3.05) is 9.76 Å². The zero-order valence-corrected chi connectivity index (χ0v) is 14.8. The molecule has 0 aromatic rings. The highest BCUT2D eigenvalue weighted by atomic mass is 127. The smallest absolute Gasteiger partial charge is 0.0212 e. The zero-order valence-electron chi connectivity index (χ0n) is 11.1. The van der Waals surface area contributed by atoms with Crippen LogP contribution in [0.15, 0.2) is 12.2 Å². The molecule has 0 aliphatic heterocycles. The fourth-order valence-corrected chi connectivity index (χ4v) is 2.76. The van der Waals surface area contributed by atoms with E-state index in [1.54, 1.807) is 0 Å². The minimum Gasteiger partial charge on any atom is -0.0883 e. The summed E-state index contributed by atoms with van der Waals surface area (Å²) in [7, 11) is 0. The fourth-order valence-electron chi connectivity index (χ4n) is 1.95. The van der Waals surface area contributed by atoms with Gasteiger partial charge in [0.15, 0.2) is 0 Å². The Balaban J connectivity index is 2.91. The molecule has 0 saturated carbocycles. The average molecular weight is 415 g/mol. The van der Waals surface area contributed by atoms with Crippen molar-refractivity contribution in [2.24, 2.45) is 0 Å². The lowest BCUT2D eigenvalue weighted by molar-refractivity contribution is 0.559. The van der Waals surface area contributed by atoms with E-state index in [0.29, 0.717) is 0 Å². The number of halogens is 2. The molecule has 0 fully saturated rings. The second-order valence-corrected chi connectivity index (χ2v) is 6.37. The van der Waals surface area contributed by atoms with Crippen molar-refractivity contribution in [3.63, 3.8) is 0 Å². The minimum atomic E-state index is 1.00. The van der Waals surface area contributed by atoms with E-state index >= 15 is 0 Å². The lowest BCUT2D eigenvalue weighted by Gasteiger charge is -2.01. The summed E-state index contributed by atoms with van der Waals surface area (Å²) in [6.45, 7) is 0. The van der Waals surface area contributed by atoms with Gasteiger partial charge in [0, 0.05) is 5.33 Å². The van der Waals surface area contributed by atoms with Crippen molar-refractivity contribution in [1.29, 1.82) is 0 Å². The van der Waals surface area contributed by atoms with Crippen molar-refractivity contribution in [3.05, 3.63) is 12.2 Å². The van der Waals surface area contributed by atoms with Crippen LogP contribution in [-0.2, 0) is 0 Å². The molecule has 0 rings (SSSR count). The maximum absolute atomic E-state index is 3.40. The molecule has 0 saturated heterocycles. The van der Waals surface area contributed by atoms with Crippen LogP contribution >= 0.6 is 38.5 Å². The normalized spacial score (nSPS) is 11.4. The van der Waals surface area contributed by atoms with Crippen LogP contribution in [0, 0.1) is 0 Å². The minimum absolute atomic E-state index is 1.00. The van der Waals surface area contributed by atoms with Gasteiger partial charge in [-0.1, -0.05) is 102 Å². The first-order valence-corrected chi connectivity index (χ1v) is 9.83. The highest BCUT2D eigenvalue weighted by Crippen LogP contribution is 2.11. The Hall–Kier alpha value is 0.950. The van der Waals surface area contributed by atoms with Gasteiger partial charge >= 0.3 is 0 Å². The molecular weight excluding hydrogens is 387 g/mol. The van der Waals surface area contributed by atoms with E-state index in [1.165, 1.54) is 75.1 Å². The van der Waals surface area contributed by atoms with Gasteiger partial charge in [-0.15, -0.1) is 0 Å². The van der Waals surface area contributed by atoms with Crippen LogP contribution in [0.25, 0.3) is 0 Å². The monoisotopic (exact) mass is 414 g/mol. The summed E-state index contributed by atoms with van der Waals surface area (Å²) in [5.74, 6) is 0. The second-order valence-electron chi connectivity index (χ2n) is 4.64. The van der Waals surface area contributed by atoms with Gasteiger partial charge in [0.1, 0.15) is 0 Å². The first-order valence-electron chi connectivity index (χ1n) is 7.18. The summed E-state index contributed by atoms with van der Waals surface area (Å²) in [6.07, 6.45) is 20.2. The molecule has 0 spiro atoms. The summed E-state index contributed by atoms with van der Waals surface area (Å²) in [5, 5.41) is 1.00. The van der Waals surface area contributed by atoms with Crippen molar-refractivity contribution >= 4 is 38.5 Å². The van der Waals surface area contributed by atoms with Crippen LogP contribution in [0.3, 0.4) is 0 Å². The highest BCUT2D eigenvalue weighted by molar-refractivity contribution is 14.1. The van der Waals surface area contributed by atoms with Crippen molar-refractivity contribution < 1.29 is 0 Å². The summed E-state index contributed by atoms with van der Waals surface area (Å²) >= 11 is 5.87. The molecule has 0 amide bonds. The predicted molar refractivity (Wildman–Crippen MR) is 92.6 cm³/mol. The summed E-state index contributed by atoms with van der Waals surface area (Å²) < 4.78 is 1.33. The van der Waals surface area contributed by atoms with Gasteiger partial charge < -0.3 is 0 Å². The molecule has 0 heterocycles. The van der Waals surface area contributed by atoms with E-state index in [2.05, 4.69) is 50.7 Å². The lowest BCUT2D eigenvalue weighted by Crippen LogP contribution is -1.82. The van der Waals surface area contributed by atoms with Crippen LogP contribution in [0.5, 0.6) is 0 Å². The molecule has 0 unspecified atom stereocenters. The third-order valence-corrected chi connectivity index (χ3v) is 4.15. The fraction of sp³-hybridized carbons (Fsp3) is 0.867. The molecule has 0 bridgehead atoms. The van der Waals surface area contributed by atoms with Gasteiger partial charge in [0.05, 0.1) is 0 Å². The Morgan fingerprint density at radius 2 is 1.12 bits per heavy atom. The topological polar surface area (TPSA) is 0 Å². The van der Waals surface area contributed by atoms with Crippen LogP contribution < -0.4 is 0 Å². The van der Waals surface area contributed by atoms with Crippen molar-refractivity contribution in [2.45, 2.75) is 70.6 Å². The molecule has 2 heteroatoms. The van der Waals surface area contributed by atoms with Crippen LogP contribution in [-0.4, -0.2) is 9.76 Å². The molecule has 0 aliphatic carbocycles. The number of alkyl halides is 2. The Bertz CT molecular complexity index is 157. The summed E-state index contributed by atoms with van der Waals surface area (Å²) in [4.78, 5) is 0. The highest BCUT2D eigenvalue weighted by Gasteiger charge is 1.92. The van der Waals surface area contributed by atoms with E-state index in [0.717, 1.165) is 5.33 Å². The molecule has 0 nitrogen and oxygen atoms in total. The molecule has 0 aromatic carbocycles. The van der Waals surface area contributed by atoms with Crippen LogP contribution in [0.4, 0.5) is 0 Å². The number of unbranched alkanes of at least 4 members (excludes halogenated alkanes) is 10. The molecule has 0 radical (unpaired) electrons. The van der Waals surface area contributed by atoms with Gasteiger partial charge in [-0.2, -0.15) is 0 Å². The lowest BCUT2D eigenvalue weighted by atomic mass is 10.1. The average Bonchev–Trinajstić information content (AvgIpc) is 2.35. The van der Waals surface area contributed by atoms with Gasteiger partial charge in [-0.25, -0.2) is 0 Å².